The van der Waals surface area contributed by atoms with Crippen LogP contribution >= 0.6 is 0 Å². The quantitative estimate of drug-likeness (QED) is 0.756. The van der Waals surface area contributed by atoms with E-state index in [9.17, 15) is 19.8 Å². The van der Waals surface area contributed by atoms with Gasteiger partial charge >= 0.3 is 11.9 Å². The number of hydrogen-bond acceptors (Lipinski definition) is 6. The molecule has 0 amide bonds. The topological polar surface area (TPSA) is 93.1 Å². The number of ether oxygens (including phenoxy) is 2. The summed E-state index contributed by atoms with van der Waals surface area (Å²) in [7, 11) is 0. The van der Waals surface area contributed by atoms with Crippen LogP contribution in [-0.4, -0.2) is 47.6 Å². The first-order chi connectivity index (χ1) is 13.1. The summed E-state index contributed by atoms with van der Waals surface area (Å²) in [6.07, 6.45) is -1.26. The van der Waals surface area contributed by atoms with Crippen molar-refractivity contribution in [3.05, 3.63) is 71.8 Å². The van der Waals surface area contributed by atoms with Crippen molar-refractivity contribution >= 4 is 11.9 Å². The SMILES string of the molecule is O=C(O[C@@H]1[C@@H](CO)C[C@@H](CO)[C@@H]1OC(=O)c1ccccc1)c1ccccc1. The van der Waals surface area contributed by atoms with Crippen LogP contribution in [0.25, 0.3) is 0 Å². The van der Waals surface area contributed by atoms with E-state index in [-0.39, 0.29) is 13.2 Å². The summed E-state index contributed by atoms with van der Waals surface area (Å²) in [4.78, 5) is 24.9. The van der Waals surface area contributed by atoms with Crippen molar-refractivity contribution < 1.29 is 29.3 Å². The van der Waals surface area contributed by atoms with Gasteiger partial charge in [0.25, 0.3) is 0 Å². The molecule has 2 aromatic rings. The molecule has 0 radical (unpaired) electrons. The normalized spacial score (nSPS) is 24.4. The Labute approximate surface area is 157 Å². The van der Waals surface area contributed by atoms with Crippen LogP contribution in [0.1, 0.15) is 27.1 Å². The monoisotopic (exact) mass is 370 g/mol. The third kappa shape index (κ3) is 4.35. The largest absolute Gasteiger partial charge is 0.454 e. The van der Waals surface area contributed by atoms with Crippen LogP contribution in [0.5, 0.6) is 0 Å². The molecule has 6 nitrogen and oxygen atoms in total. The maximum atomic E-state index is 12.5. The van der Waals surface area contributed by atoms with E-state index in [1.165, 1.54) is 0 Å². The maximum Gasteiger partial charge on any atom is 0.338 e. The average molecular weight is 370 g/mol. The zero-order valence-electron chi connectivity index (χ0n) is 14.7. The molecule has 1 fully saturated rings. The van der Waals surface area contributed by atoms with Gasteiger partial charge in [-0.1, -0.05) is 36.4 Å². The lowest BCUT2D eigenvalue weighted by Gasteiger charge is -2.26. The number of aliphatic hydroxyl groups is 2. The van der Waals surface area contributed by atoms with Crippen molar-refractivity contribution in [2.75, 3.05) is 13.2 Å². The van der Waals surface area contributed by atoms with E-state index >= 15 is 0 Å². The van der Waals surface area contributed by atoms with E-state index in [2.05, 4.69) is 0 Å². The van der Waals surface area contributed by atoms with Gasteiger partial charge in [0.2, 0.25) is 0 Å². The number of carbonyl (C=O) groups excluding carboxylic acids is 2. The summed E-state index contributed by atoms with van der Waals surface area (Å²) in [5, 5.41) is 19.4. The van der Waals surface area contributed by atoms with Gasteiger partial charge in [-0.25, -0.2) is 9.59 Å². The number of aliphatic hydroxyl groups excluding tert-OH is 2. The molecule has 3 rings (SSSR count). The van der Waals surface area contributed by atoms with Crippen LogP contribution in [0.2, 0.25) is 0 Å². The van der Waals surface area contributed by atoms with Crippen LogP contribution in [0.15, 0.2) is 60.7 Å². The molecule has 0 aromatic heterocycles. The Balaban J connectivity index is 1.79. The molecule has 1 aliphatic carbocycles. The van der Waals surface area contributed by atoms with Crippen LogP contribution in [0.3, 0.4) is 0 Å². The van der Waals surface area contributed by atoms with E-state index in [4.69, 9.17) is 9.47 Å². The fraction of sp³-hybridized carbons (Fsp3) is 0.333. The smallest absolute Gasteiger partial charge is 0.338 e. The van der Waals surface area contributed by atoms with Crippen molar-refractivity contribution in [3.63, 3.8) is 0 Å². The van der Waals surface area contributed by atoms with Gasteiger partial charge < -0.3 is 19.7 Å². The first-order valence-corrected chi connectivity index (χ1v) is 8.87. The van der Waals surface area contributed by atoms with Crippen LogP contribution in [-0.2, 0) is 9.47 Å². The highest BCUT2D eigenvalue weighted by atomic mass is 16.6. The number of benzene rings is 2. The van der Waals surface area contributed by atoms with E-state index in [0.717, 1.165) is 0 Å². The Bertz CT molecular complexity index is 695. The van der Waals surface area contributed by atoms with Crippen LogP contribution in [0.4, 0.5) is 0 Å². The molecule has 0 heterocycles. The minimum Gasteiger partial charge on any atom is -0.454 e. The standard InChI is InChI=1S/C21H22O6/c22-12-16-11-17(13-23)19(27-21(25)15-9-5-2-6-10-15)18(16)26-20(24)14-7-3-1-4-8-14/h1-10,16-19,22-23H,11-13H2/t16-,17+,18-,19+. The van der Waals surface area contributed by atoms with Crippen molar-refractivity contribution in [3.8, 4) is 0 Å². The Morgan fingerprint density at radius 3 is 1.44 bits per heavy atom. The molecule has 6 heteroatoms. The van der Waals surface area contributed by atoms with E-state index in [1.54, 1.807) is 60.7 Å². The number of esters is 2. The molecule has 0 saturated heterocycles. The molecule has 4 atom stereocenters. The number of hydrogen-bond donors (Lipinski definition) is 2. The minimum absolute atomic E-state index is 0.234. The summed E-state index contributed by atoms with van der Waals surface area (Å²) < 4.78 is 11.2. The second-order valence-electron chi connectivity index (χ2n) is 6.59. The lowest BCUT2D eigenvalue weighted by Crippen LogP contribution is -2.39. The Kier molecular flexibility index (Phi) is 6.21. The molecule has 0 unspecified atom stereocenters. The van der Waals surface area contributed by atoms with Gasteiger partial charge in [0.1, 0.15) is 12.2 Å². The molecule has 0 spiro atoms. The van der Waals surface area contributed by atoms with Gasteiger partial charge in [-0.05, 0) is 30.7 Å². The summed E-state index contributed by atoms with van der Waals surface area (Å²) in [6, 6.07) is 17.0. The van der Waals surface area contributed by atoms with E-state index in [0.29, 0.717) is 17.5 Å². The van der Waals surface area contributed by atoms with Gasteiger partial charge in [-0.15, -0.1) is 0 Å². The first kappa shape index (κ1) is 19.1. The maximum absolute atomic E-state index is 12.5. The van der Waals surface area contributed by atoms with Gasteiger partial charge in [0.15, 0.2) is 0 Å². The highest BCUT2D eigenvalue weighted by Gasteiger charge is 2.47. The molecule has 1 saturated carbocycles. The first-order valence-electron chi connectivity index (χ1n) is 8.87. The zero-order valence-corrected chi connectivity index (χ0v) is 14.7. The van der Waals surface area contributed by atoms with Crippen LogP contribution < -0.4 is 0 Å². The average Bonchev–Trinajstić information content (AvgIpc) is 3.05. The highest BCUT2D eigenvalue weighted by molar-refractivity contribution is 5.90. The van der Waals surface area contributed by atoms with Gasteiger partial charge in [0.05, 0.1) is 11.1 Å². The predicted molar refractivity (Wildman–Crippen MR) is 97.1 cm³/mol. The fourth-order valence-electron chi connectivity index (χ4n) is 3.41. The number of rotatable bonds is 6. The third-order valence-corrected chi connectivity index (χ3v) is 4.83. The zero-order chi connectivity index (χ0) is 19.2. The molecule has 1 aliphatic rings. The summed E-state index contributed by atoms with van der Waals surface area (Å²) in [6.45, 7) is -0.467. The number of carbonyl (C=O) groups is 2. The molecule has 0 aliphatic heterocycles. The van der Waals surface area contributed by atoms with Crippen molar-refractivity contribution in [1.29, 1.82) is 0 Å². The van der Waals surface area contributed by atoms with Crippen molar-refractivity contribution in [2.45, 2.75) is 18.6 Å². The van der Waals surface area contributed by atoms with E-state index in [1.807, 2.05) is 0 Å². The van der Waals surface area contributed by atoms with Gasteiger partial charge in [-0.3, -0.25) is 0 Å². The second kappa shape index (κ2) is 8.79. The Morgan fingerprint density at radius 2 is 1.11 bits per heavy atom. The lowest BCUT2D eigenvalue weighted by atomic mass is 10.1. The summed E-state index contributed by atoms with van der Waals surface area (Å²) in [5.74, 6) is -1.94. The lowest BCUT2D eigenvalue weighted by molar-refractivity contribution is -0.0531. The van der Waals surface area contributed by atoms with Gasteiger partial charge in [0, 0.05) is 25.0 Å². The Morgan fingerprint density at radius 1 is 0.741 bits per heavy atom. The van der Waals surface area contributed by atoms with Crippen molar-refractivity contribution in [1.82, 2.24) is 0 Å². The molecule has 2 aromatic carbocycles. The molecular weight excluding hydrogens is 348 g/mol. The second-order valence-corrected chi connectivity index (χ2v) is 6.59. The molecule has 27 heavy (non-hydrogen) atoms. The van der Waals surface area contributed by atoms with Crippen molar-refractivity contribution in [2.24, 2.45) is 11.8 Å². The summed E-state index contributed by atoms with van der Waals surface area (Å²) >= 11 is 0. The van der Waals surface area contributed by atoms with Gasteiger partial charge in [-0.2, -0.15) is 0 Å². The van der Waals surface area contributed by atoms with E-state index < -0.39 is 36.0 Å². The summed E-state index contributed by atoms with van der Waals surface area (Å²) in [5.41, 5.74) is 0.740. The predicted octanol–water partition coefficient (Wildman–Crippen LogP) is 2.06. The van der Waals surface area contributed by atoms with Crippen LogP contribution in [0, 0.1) is 11.8 Å². The third-order valence-electron chi connectivity index (χ3n) is 4.83. The molecule has 0 bridgehead atoms. The molecule has 2 N–H and O–H groups in total. The highest BCUT2D eigenvalue weighted by Crippen LogP contribution is 2.36. The molecule has 142 valence electrons. The Hall–Kier alpha value is -2.70. The minimum atomic E-state index is -0.826. The molecular formula is C21H22O6. The fourth-order valence-corrected chi connectivity index (χ4v) is 3.41.